The van der Waals surface area contributed by atoms with Gasteiger partial charge in [-0.15, -0.1) is 0 Å². The third-order valence-corrected chi connectivity index (χ3v) is 2.18. The third-order valence-electron chi connectivity index (χ3n) is 1.68. The Morgan fingerprint density at radius 3 is 2.73 bits per heavy atom. The molecule has 0 aromatic heterocycles. The Morgan fingerprint density at radius 2 is 2.20 bits per heavy atom. The van der Waals surface area contributed by atoms with E-state index in [4.69, 9.17) is 0 Å². The fourth-order valence-corrected chi connectivity index (χ4v) is 1.49. The maximum atomic E-state index is 12.0. The first-order valence-electron chi connectivity index (χ1n) is 4.21. The number of alkyl halides is 2. The molecule has 0 amide bonds. The highest BCUT2D eigenvalue weighted by atomic mass is 79.9. The van der Waals surface area contributed by atoms with Crippen LogP contribution >= 0.6 is 15.9 Å². The van der Waals surface area contributed by atoms with Gasteiger partial charge in [0.25, 0.3) is 0 Å². The maximum absolute atomic E-state index is 12.0. The molecule has 0 aliphatic heterocycles. The minimum atomic E-state index is -2.88. The van der Waals surface area contributed by atoms with E-state index < -0.39 is 6.61 Å². The second-order valence-corrected chi connectivity index (χ2v) is 3.93. The number of ether oxygens (including phenoxy) is 1. The van der Waals surface area contributed by atoms with E-state index in [0.717, 1.165) is 0 Å². The molecule has 0 spiro atoms. The summed E-state index contributed by atoms with van der Waals surface area (Å²) in [7, 11) is 0. The van der Waals surface area contributed by atoms with Crippen molar-refractivity contribution in [1.82, 2.24) is 0 Å². The van der Waals surface area contributed by atoms with E-state index >= 15 is 0 Å². The first kappa shape index (κ1) is 12.1. The van der Waals surface area contributed by atoms with Crippen molar-refractivity contribution in [3.8, 4) is 5.75 Å². The zero-order valence-electron chi connectivity index (χ0n) is 7.97. The van der Waals surface area contributed by atoms with Crippen LogP contribution < -0.4 is 4.74 Å². The molecule has 1 aromatic carbocycles. The second-order valence-electron chi connectivity index (χ2n) is 3.01. The lowest BCUT2D eigenvalue weighted by molar-refractivity contribution is -0.116. The van der Waals surface area contributed by atoms with Gasteiger partial charge in [-0.05, 0) is 19.1 Å². The predicted molar refractivity (Wildman–Crippen MR) is 55.2 cm³/mol. The molecule has 0 unspecified atom stereocenters. The Bertz CT molecular complexity index is 366. The van der Waals surface area contributed by atoms with Crippen LogP contribution in [0.2, 0.25) is 0 Å². The van der Waals surface area contributed by atoms with Gasteiger partial charge in [0.1, 0.15) is 11.5 Å². The number of rotatable bonds is 4. The summed E-state index contributed by atoms with van der Waals surface area (Å²) in [6.45, 7) is -1.49. The summed E-state index contributed by atoms with van der Waals surface area (Å²) in [6.07, 6.45) is 0.0926. The highest BCUT2D eigenvalue weighted by molar-refractivity contribution is 9.10. The summed E-state index contributed by atoms with van der Waals surface area (Å²) < 4.78 is 29.0. The van der Waals surface area contributed by atoms with Crippen molar-refractivity contribution in [2.24, 2.45) is 0 Å². The number of hydrogen-bond acceptors (Lipinski definition) is 2. The van der Waals surface area contributed by atoms with Gasteiger partial charge in [-0.2, -0.15) is 8.78 Å². The lowest BCUT2D eigenvalue weighted by atomic mass is 10.1. The van der Waals surface area contributed by atoms with Gasteiger partial charge in [0.2, 0.25) is 0 Å². The topological polar surface area (TPSA) is 26.3 Å². The van der Waals surface area contributed by atoms with Crippen molar-refractivity contribution in [3.63, 3.8) is 0 Å². The molecule has 15 heavy (non-hydrogen) atoms. The van der Waals surface area contributed by atoms with Crippen molar-refractivity contribution < 1.29 is 18.3 Å². The molecular weight excluding hydrogens is 270 g/mol. The van der Waals surface area contributed by atoms with Crippen molar-refractivity contribution in [2.45, 2.75) is 20.0 Å². The van der Waals surface area contributed by atoms with Gasteiger partial charge >= 0.3 is 6.61 Å². The van der Waals surface area contributed by atoms with Crippen LogP contribution in [0.4, 0.5) is 8.78 Å². The van der Waals surface area contributed by atoms with Crippen LogP contribution in [-0.4, -0.2) is 12.4 Å². The molecule has 0 saturated carbocycles. The normalized spacial score (nSPS) is 10.5. The number of carbonyl (C=O) groups is 1. The standard InChI is InChI=1S/C10H9BrF2O2/c1-6(14)4-7-2-3-8(11)5-9(7)15-10(12)13/h2-3,5,10H,4H2,1H3. The molecule has 0 aliphatic rings. The van der Waals surface area contributed by atoms with Gasteiger partial charge in [0.05, 0.1) is 0 Å². The summed E-state index contributed by atoms with van der Waals surface area (Å²) >= 11 is 3.14. The molecule has 0 saturated heterocycles. The van der Waals surface area contributed by atoms with E-state index in [2.05, 4.69) is 20.7 Å². The molecular formula is C10H9BrF2O2. The summed E-state index contributed by atoms with van der Waals surface area (Å²) in [5.74, 6) is -0.0639. The average molecular weight is 279 g/mol. The predicted octanol–water partition coefficient (Wildman–Crippen LogP) is 3.18. The Kier molecular flexibility index (Phi) is 4.20. The SMILES string of the molecule is CC(=O)Cc1ccc(Br)cc1OC(F)F. The maximum Gasteiger partial charge on any atom is 0.387 e. The molecule has 0 heterocycles. The van der Waals surface area contributed by atoms with Crippen LogP contribution in [0.15, 0.2) is 22.7 Å². The Morgan fingerprint density at radius 1 is 1.53 bits per heavy atom. The highest BCUT2D eigenvalue weighted by Gasteiger charge is 2.11. The van der Waals surface area contributed by atoms with E-state index in [1.54, 1.807) is 12.1 Å². The Balaban J connectivity index is 2.97. The Hall–Kier alpha value is -0.970. The first-order chi connectivity index (χ1) is 6.99. The molecule has 0 N–H and O–H groups in total. The zero-order valence-corrected chi connectivity index (χ0v) is 9.55. The lowest BCUT2D eigenvalue weighted by Crippen LogP contribution is -2.06. The number of carbonyl (C=O) groups excluding carboxylic acids is 1. The lowest BCUT2D eigenvalue weighted by Gasteiger charge is -2.09. The van der Waals surface area contributed by atoms with E-state index in [-0.39, 0.29) is 18.0 Å². The molecule has 0 fully saturated rings. The van der Waals surface area contributed by atoms with Gasteiger partial charge in [-0.3, -0.25) is 4.79 Å². The molecule has 5 heteroatoms. The summed E-state index contributed by atoms with van der Waals surface area (Å²) in [5.41, 5.74) is 0.464. The summed E-state index contributed by atoms with van der Waals surface area (Å²) in [4.78, 5) is 10.9. The van der Waals surface area contributed by atoms with Crippen molar-refractivity contribution in [3.05, 3.63) is 28.2 Å². The number of hydrogen-bond donors (Lipinski definition) is 0. The van der Waals surface area contributed by atoms with Crippen molar-refractivity contribution >= 4 is 21.7 Å². The molecule has 1 rings (SSSR count). The molecule has 1 aromatic rings. The molecule has 0 radical (unpaired) electrons. The summed E-state index contributed by atoms with van der Waals surface area (Å²) in [5, 5.41) is 0. The van der Waals surface area contributed by atoms with Gasteiger partial charge in [-0.25, -0.2) is 0 Å². The van der Waals surface area contributed by atoms with Gasteiger partial charge in [0, 0.05) is 16.5 Å². The largest absolute Gasteiger partial charge is 0.434 e. The smallest absolute Gasteiger partial charge is 0.387 e. The molecule has 0 atom stereocenters. The molecule has 82 valence electrons. The van der Waals surface area contributed by atoms with Crippen LogP contribution in [0, 0.1) is 0 Å². The minimum absolute atomic E-state index is 0.0366. The number of halogens is 3. The van der Waals surface area contributed by atoms with E-state index in [1.165, 1.54) is 13.0 Å². The fraction of sp³-hybridized carbons (Fsp3) is 0.300. The quantitative estimate of drug-likeness (QED) is 0.846. The van der Waals surface area contributed by atoms with Gasteiger partial charge < -0.3 is 4.74 Å². The van der Waals surface area contributed by atoms with Crippen LogP contribution in [0.25, 0.3) is 0 Å². The van der Waals surface area contributed by atoms with Gasteiger partial charge in [-0.1, -0.05) is 22.0 Å². The van der Waals surface area contributed by atoms with E-state index in [0.29, 0.717) is 10.0 Å². The monoisotopic (exact) mass is 278 g/mol. The molecule has 2 nitrogen and oxygen atoms in total. The zero-order chi connectivity index (χ0) is 11.4. The first-order valence-corrected chi connectivity index (χ1v) is 5.01. The highest BCUT2D eigenvalue weighted by Crippen LogP contribution is 2.25. The van der Waals surface area contributed by atoms with Gasteiger partial charge in [0.15, 0.2) is 0 Å². The van der Waals surface area contributed by atoms with Crippen LogP contribution in [0.1, 0.15) is 12.5 Å². The number of Topliss-reactive ketones (excluding diaryl/α,β-unsaturated/α-hetero) is 1. The van der Waals surface area contributed by atoms with Crippen LogP contribution in [0.5, 0.6) is 5.75 Å². The fourth-order valence-electron chi connectivity index (χ4n) is 1.15. The number of ketones is 1. The Labute approximate surface area is 94.4 Å². The van der Waals surface area contributed by atoms with Crippen molar-refractivity contribution in [1.29, 1.82) is 0 Å². The third kappa shape index (κ3) is 3.95. The summed E-state index contributed by atoms with van der Waals surface area (Å²) in [6, 6.07) is 4.68. The minimum Gasteiger partial charge on any atom is -0.434 e. The van der Waals surface area contributed by atoms with E-state index in [9.17, 15) is 13.6 Å². The van der Waals surface area contributed by atoms with Crippen molar-refractivity contribution in [2.75, 3.05) is 0 Å². The molecule has 0 bridgehead atoms. The molecule has 0 aliphatic carbocycles. The van der Waals surface area contributed by atoms with Crippen LogP contribution in [-0.2, 0) is 11.2 Å². The van der Waals surface area contributed by atoms with E-state index in [1.807, 2.05) is 0 Å². The van der Waals surface area contributed by atoms with Crippen LogP contribution in [0.3, 0.4) is 0 Å². The average Bonchev–Trinajstić information content (AvgIpc) is 2.08. The number of benzene rings is 1. The second kappa shape index (κ2) is 5.21.